The second-order valence-electron chi connectivity index (χ2n) is 6.70. The highest BCUT2D eigenvalue weighted by Crippen LogP contribution is 2.27. The number of ether oxygens (including phenoxy) is 1. The zero-order valence-electron chi connectivity index (χ0n) is 16.8. The molecule has 162 valence electrons. The molecule has 0 saturated carbocycles. The van der Waals surface area contributed by atoms with Gasteiger partial charge in [0.15, 0.2) is 0 Å². The van der Waals surface area contributed by atoms with Crippen molar-refractivity contribution in [1.82, 2.24) is 0 Å². The third kappa shape index (κ3) is 5.34. The Kier molecular flexibility index (Phi) is 6.82. The number of carbonyl (C=O) groups is 1. The first kappa shape index (κ1) is 22.6. The van der Waals surface area contributed by atoms with E-state index in [1.807, 2.05) is 6.92 Å². The lowest BCUT2D eigenvalue weighted by Crippen LogP contribution is -2.38. The maximum absolute atomic E-state index is 13.4. The quantitative estimate of drug-likeness (QED) is 0.555. The predicted octanol–water partition coefficient (Wildman–Crippen LogP) is 4.63. The molecule has 9 heteroatoms. The van der Waals surface area contributed by atoms with Gasteiger partial charge in [-0.1, -0.05) is 35.4 Å². The van der Waals surface area contributed by atoms with Crippen LogP contribution in [0.4, 0.5) is 15.8 Å². The standard InChI is InChI=1S/C22H20ClFN2O4S/c1-15-6-9-19(10-7-15)31(28,29)26(17-4-3-5-18(13-17)30-2)14-22(27)25-16-8-11-21(24)20(23)12-16/h3-13H,14H2,1-2H3,(H,25,27). The van der Waals surface area contributed by atoms with Crippen molar-refractivity contribution in [3.8, 4) is 5.75 Å². The minimum absolute atomic E-state index is 0.0403. The normalized spacial score (nSPS) is 11.1. The molecule has 0 radical (unpaired) electrons. The molecule has 1 amide bonds. The van der Waals surface area contributed by atoms with E-state index in [-0.39, 0.29) is 21.3 Å². The van der Waals surface area contributed by atoms with Crippen molar-refractivity contribution in [3.05, 3.63) is 83.1 Å². The number of hydrogen-bond donors (Lipinski definition) is 1. The van der Waals surface area contributed by atoms with E-state index in [2.05, 4.69) is 5.32 Å². The van der Waals surface area contributed by atoms with E-state index in [4.69, 9.17) is 16.3 Å². The van der Waals surface area contributed by atoms with Crippen LogP contribution in [0.5, 0.6) is 5.75 Å². The fourth-order valence-electron chi connectivity index (χ4n) is 2.82. The maximum Gasteiger partial charge on any atom is 0.264 e. The smallest absolute Gasteiger partial charge is 0.264 e. The Bertz CT molecular complexity index is 1200. The molecular formula is C22H20ClFN2O4S. The number of sulfonamides is 1. The van der Waals surface area contributed by atoms with E-state index in [1.54, 1.807) is 30.3 Å². The van der Waals surface area contributed by atoms with E-state index in [0.717, 1.165) is 15.9 Å². The van der Waals surface area contributed by atoms with Gasteiger partial charge in [0.25, 0.3) is 10.0 Å². The molecule has 0 aliphatic carbocycles. The average Bonchev–Trinajstić information content (AvgIpc) is 2.75. The van der Waals surface area contributed by atoms with Gasteiger partial charge in [-0.3, -0.25) is 9.10 Å². The average molecular weight is 463 g/mol. The van der Waals surface area contributed by atoms with Crippen molar-refractivity contribution in [2.45, 2.75) is 11.8 Å². The van der Waals surface area contributed by atoms with Crippen molar-refractivity contribution >= 4 is 38.9 Å². The van der Waals surface area contributed by atoms with Crippen molar-refractivity contribution < 1.29 is 22.3 Å². The number of hydrogen-bond acceptors (Lipinski definition) is 4. The fourth-order valence-corrected chi connectivity index (χ4v) is 4.42. The van der Waals surface area contributed by atoms with Crippen LogP contribution in [0.1, 0.15) is 5.56 Å². The zero-order valence-corrected chi connectivity index (χ0v) is 18.4. The number of halogens is 2. The number of methoxy groups -OCH3 is 1. The van der Waals surface area contributed by atoms with Crippen LogP contribution in [0.2, 0.25) is 5.02 Å². The van der Waals surface area contributed by atoms with E-state index in [9.17, 15) is 17.6 Å². The van der Waals surface area contributed by atoms with Gasteiger partial charge >= 0.3 is 0 Å². The van der Waals surface area contributed by atoms with Gasteiger partial charge in [-0.2, -0.15) is 0 Å². The van der Waals surface area contributed by atoms with Gasteiger partial charge in [0.05, 0.1) is 22.7 Å². The molecule has 0 saturated heterocycles. The van der Waals surface area contributed by atoms with Crippen LogP contribution < -0.4 is 14.4 Å². The summed E-state index contributed by atoms with van der Waals surface area (Å²) in [5, 5.41) is 2.39. The van der Waals surface area contributed by atoms with Gasteiger partial charge in [0.2, 0.25) is 5.91 Å². The molecule has 0 bridgehead atoms. The highest BCUT2D eigenvalue weighted by molar-refractivity contribution is 7.92. The summed E-state index contributed by atoms with van der Waals surface area (Å²) >= 11 is 5.75. The molecule has 1 N–H and O–H groups in total. The molecule has 0 aromatic heterocycles. The summed E-state index contributed by atoms with van der Waals surface area (Å²) in [5.74, 6) is -0.812. The molecule has 0 aliphatic rings. The number of benzene rings is 3. The van der Waals surface area contributed by atoms with Gasteiger partial charge in [-0.15, -0.1) is 0 Å². The highest BCUT2D eigenvalue weighted by atomic mass is 35.5. The molecule has 0 atom stereocenters. The number of amides is 1. The third-order valence-electron chi connectivity index (χ3n) is 4.44. The summed E-state index contributed by atoms with van der Waals surface area (Å²) in [6.45, 7) is 1.33. The summed E-state index contributed by atoms with van der Waals surface area (Å²) in [6.07, 6.45) is 0. The molecule has 0 unspecified atom stereocenters. The van der Waals surface area contributed by atoms with Crippen LogP contribution >= 0.6 is 11.6 Å². The predicted molar refractivity (Wildman–Crippen MR) is 119 cm³/mol. The molecule has 6 nitrogen and oxygen atoms in total. The fraction of sp³-hybridized carbons (Fsp3) is 0.136. The number of nitrogens with one attached hydrogen (secondary N) is 1. The Balaban J connectivity index is 1.96. The Morgan fingerprint density at radius 3 is 2.45 bits per heavy atom. The van der Waals surface area contributed by atoms with Gasteiger partial charge < -0.3 is 10.1 Å². The topological polar surface area (TPSA) is 75.7 Å². The first-order chi connectivity index (χ1) is 14.7. The molecule has 0 aliphatic heterocycles. The summed E-state index contributed by atoms with van der Waals surface area (Å²) in [7, 11) is -2.61. The first-order valence-corrected chi connectivity index (χ1v) is 11.0. The lowest BCUT2D eigenvalue weighted by molar-refractivity contribution is -0.114. The van der Waals surface area contributed by atoms with Crippen molar-refractivity contribution in [2.75, 3.05) is 23.3 Å². The summed E-state index contributed by atoms with van der Waals surface area (Å²) in [5.41, 5.74) is 1.40. The van der Waals surface area contributed by atoms with Crippen molar-refractivity contribution in [2.24, 2.45) is 0 Å². The van der Waals surface area contributed by atoms with Crippen LogP contribution in [0.25, 0.3) is 0 Å². The number of nitrogens with zero attached hydrogens (tertiary/aromatic N) is 1. The number of carbonyl (C=O) groups excluding carboxylic acids is 1. The van der Waals surface area contributed by atoms with E-state index >= 15 is 0 Å². The second-order valence-corrected chi connectivity index (χ2v) is 8.97. The molecular weight excluding hydrogens is 443 g/mol. The van der Waals surface area contributed by atoms with Crippen molar-refractivity contribution in [3.63, 3.8) is 0 Å². The van der Waals surface area contributed by atoms with Crippen molar-refractivity contribution in [1.29, 1.82) is 0 Å². The Morgan fingerprint density at radius 1 is 1.10 bits per heavy atom. The molecule has 0 heterocycles. The lowest BCUT2D eigenvalue weighted by Gasteiger charge is -2.24. The third-order valence-corrected chi connectivity index (χ3v) is 6.52. The van der Waals surface area contributed by atoms with Crippen LogP contribution in [-0.2, 0) is 14.8 Å². The maximum atomic E-state index is 13.4. The molecule has 3 aromatic carbocycles. The monoisotopic (exact) mass is 462 g/mol. The minimum Gasteiger partial charge on any atom is -0.497 e. The first-order valence-electron chi connectivity index (χ1n) is 9.19. The Labute approximate surface area is 185 Å². The summed E-state index contributed by atoms with van der Waals surface area (Å²) in [6, 6.07) is 16.4. The van der Waals surface area contributed by atoms with Gasteiger partial charge in [0, 0.05) is 11.8 Å². The number of rotatable bonds is 7. The molecule has 0 fully saturated rings. The summed E-state index contributed by atoms with van der Waals surface area (Å²) in [4.78, 5) is 12.7. The summed E-state index contributed by atoms with van der Waals surface area (Å²) < 4.78 is 46.3. The molecule has 0 spiro atoms. The largest absolute Gasteiger partial charge is 0.497 e. The van der Waals surface area contributed by atoms with Crippen LogP contribution in [-0.4, -0.2) is 28.0 Å². The number of aryl methyl sites for hydroxylation is 1. The second kappa shape index (κ2) is 9.36. The van der Waals surface area contributed by atoms with E-state index in [1.165, 1.54) is 37.4 Å². The van der Waals surface area contributed by atoms with E-state index in [0.29, 0.717) is 5.75 Å². The van der Waals surface area contributed by atoms with Gasteiger partial charge in [0.1, 0.15) is 18.1 Å². The molecule has 31 heavy (non-hydrogen) atoms. The number of anilines is 2. The SMILES string of the molecule is COc1cccc(N(CC(=O)Nc2ccc(F)c(Cl)c2)S(=O)(=O)c2ccc(C)cc2)c1. The zero-order chi connectivity index (χ0) is 22.6. The van der Waals surface area contributed by atoms with Gasteiger partial charge in [-0.05, 0) is 49.4 Å². The van der Waals surface area contributed by atoms with E-state index < -0.39 is 28.3 Å². The van der Waals surface area contributed by atoms with Crippen LogP contribution in [0.3, 0.4) is 0 Å². The van der Waals surface area contributed by atoms with Crippen LogP contribution in [0, 0.1) is 12.7 Å². The highest BCUT2D eigenvalue weighted by Gasteiger charge is 2.27. The lowest BCUT2D eigenvalue weighted by atomic mass is 10.2. The molecule has 3 aromatic rings. The Morgan fingerprint density at radius 2 is 1.81 bits per heavy atom. The van der Waals surface area contributed by atoms with Gasteiger partial charge in [-0.25, -0.2) is 12.8 Å². The van der Waals surface area contributed by atoms with Crippen LogP contribution in [0.15, 0.2) is 71.6 Å². The Hall–Kier alpha value is -3.10. The molecule has 3 rings (SSSR count). The minimum atomic E-state index is -4.07.